The van der Waals surface area contributed by atoms with Gasteiger partial charge in [-0.25, -0.2) is 0 Å². The number of phenolic OH excluding ortho intramolecular Hbond substituents is 2. The van der Waals surface area contributed by atoms with Crippen molar-refractivity contribution in [3.8, 4) is 11.5 Å². The van der Waals surface area contributed by atoms with E-state index < -0.39 is 151 Å². The third kappa shape index (κ3) is 36.8. The van der Waals surface area contributed by atoms with Crippen molar-refractivity contribution in [1.29, 1.82) is 0 Å². The van der Waals surface area contributed by atoms with Gasteiger partial charge in [0.1, 0.15) is 41.7 Å². The molecule has 2 unspecified atom stereocenters. The van der Waals surface area contributed by atoms with Crippen LogP contribution in [0.25, 0.3) is 0 Å². The molecule has 0 spiro atoms. The highest BCUT2D eigenvalue weighted by Gasteiger charge is 2.40. The van der Waals surface area contributed by atoms with E-state index in [1.807, 2.05) is 37.3 Å². The normalized spacial score (nSPS) is 16.1. The maximum Gasteiger partial charge on any atom is 0.245 e. The molecule has 105 heavy (non-hydrogen) atoms. The number of carbonyl (C=O) groups excluding carboxylic acids is 12. The molecule has 0 saturated carbocycles. The molecule has 4 aromatic carbocycles. The van der Waals surface area contributed by atoms with Crippen LogP contribution >= 0.6 is 12.6 Å². The van der Waals surface area contributed by atoms with Gasteiger partial charge < -0.3 is 108 Å². The first-order valence-electron chi connectivity index (χ1n) is 34.5. The number of nitrogens with two attached hydrogens (primary N) is 6. The summed E-state index contributed by atoms with van der Waals surface area (Å²) in [5.74, 6) is -8.18. The maximum atomic E-state index is 13.6. The Labute approximate surface area is 616 Å². The molecule has 27 N–H and O–H groups in total. The van der Waals surface area contributed by atoms with E-state index in [2.05, 4.69) is 55.2 Å². The Morgan fingerprint density at radius 3 is 1.18 bits per heavy atom. The van der Waals surface area contributed by atoms with Crippen LogP contribution in [0.4, 0.5) is 4.39 Å². The molecule has 34 heteroatoms. The molecular weight excluding hydrogens is 1390 g/mol. The van der Waals surface area contributed by atoms with Gasteiger partial charge in [-0.2, -0.15) is 0 Å². The number of aliphatic hydroxyl groups is 3. The van der Waals surface area contributed by atoms with Crippen LogP contribution in [-0.4, -0.2) is 207 Å². The van der Waals surface area contributed by atoms with Gasteiger partial charge in [-0.05, 0) is 126 Å². The van der Waals surface area contributed by atoms with Crippen LogP contribution in [0.1, 0.15) is 103 Å². The lowest BCUT2D eigenvalue weighted by Crippen LogP contribution is -2.61. The molecule has 0 aliphatic carbocycles. The van der Waals surface area contributed by atoms with Crippen LogP contribution in [0, 0.1) is 11.8 Å². The summed E-state index contributed by atoms with van der Waals surface area (Å²) in [7, 11) is -1.00. The smallest absolute Gasteiger partial charge is 0.245 e. The topological polar surface area (TPSA) is 600 Å². The fourth-order valence-electron chi connectivity index (χ4n) is 10.3. The quantitative estimate of drug-likeness (QED) is 0.0118. The number of carbonyl (C=O) groups is 12. The lowest BCUT2D eigenvalue weighted by atomic mass is 9.90. The van der Waals surface area contributed by atoms with Crippen molar-refractivity contribution in [3.05, 3.63) is 131 Å². The highest BCUT2D eigenvalue weighted by molar-refractivity contribution is 7.96. The number of phenols is 2. The lowest BCUT2D eigenvalue weighted by Gasteiger charge is -2.28. The number of hydrogen-bond acceptors (Lipinski definition) is 22. The minimum atomic E-state index is -1.65. The predicted molar refractivity (Wildman–Crippen MR) is 392 cm³/mol. The van der Waals surface area contributed by atoms with Gasteiger partial charge in [0.25, 0.3) is 0 Å². The second-order valence-corrected chi connectivity index (χ2v) is 25.5. The summed E-state index contributed by atoms with van der Waals surface area (Å²) >= 11 is 3.68. The number of amides is 9. The van der Waals surface area contributed by atoms with E-state index in [1.54, 1.807) is 54.6 Å². The number of ketones is 2. The van der Waals surface area contributed by atoms with Gasteiger partial charge in [-0.3, -0.25) is 61.9 Å². The zero-order chi connectivity index (χ0) is 78.9. The summed E-state index contributed by atoms with van der Waals surface area (Å²) in [6.45, 7) is 6.00. The van der Waals surface area contributed by atoms with E-state index in [-0.39, 0.29) is 73.0 Å². The summed E-state index contributed by atoms with van der Waals surface area (Å²) in [6, 6.07) is 21.8. The summed E-state index contributed by atoms with van der Waals surface area (Å²) in [5, 5.41) is 69.5. The minimum absolute atomic E-state index is 0. The molecule has 32 nitrogen and oxygen atoms in total. The largest absolute Gasteiger partial charge is 0.508 e. The Balaban J connectivity index is 0.000000856. The Morgan fingerprint density at radius 1 is 0.505 bits per heavy atom. The first-order valence-corrected chi connectivity index (χ1v) is 34.2. The van der Waals surface area contributed by atoms with E-state index in [0.717, 1.165) is 12.0 Å². The Hall–Kier alpha value is -9.36. The number of halogens is 1. The highest BCUT2D eigenvalue weighted by Crippen LogP contribution is 2.21. The fourth-order valence-corrected chi connectivity index (χ4v) is 10.6. The molecule has 1 heterocycles. The number of thiol groups is 1. The third-order valence-electron chi connectivity index (χ3n) is 16.2. The molecular formula is C71H107FN14O18S. The average Bonchev–Trinajstić information content (AvgIpc) is 1.83. The Kier molecular flexibility index (Phi) is 43.8. The van der Waals surface area contributed by atoms with Crippen molar-refractivity contribution in [2.45, 2.75) is 177 Å². The predicted octanol–water partition coefficient (Wildman–Crippen LogP) is -3.25. The Bertz CT molecular complexity index is 3390. The van der Waals surface area contributed by atoms with Crippen molar-refractivity contribution < 1.29 is 94.3 Å². The molecule has 0 aromatic heterocycles. The molecule has 1 fully saturated rings. The van der Waals surface area contributed by atoms with Crippen molar-refractivity contribution >= 4 is 82.5 Å². The third-order valence-corrected chi connectivity index (χ3v) is 16.5. The summed E-state index contributed by atoms with van der Waals surface area (Å²) in [6.07, 6.45) is -0.477. The standard InChI is InChI=1S/C35H51N7O9.C19H30N4O5S.C16H21N3O3.CH3F.H2O/c1-20(43)30(28(46)18-24(32(48)39-19-29(38)47)16-22-8-4-3-5-9-22)41-35(51)31(21(2)44)42-34(50)27(17-23-11-13-25(45)14-12-23)40-33(49)26(37)10-6-7-15-36;1-11(24)16(19(28)29)23-18(27)15(10-12-5-7-13(25)8-6-12)22-17(26)14(21)4-2-3-9-20;1-10-15(19-10)13(20)8-12(16(22)18-9-14(17)21)7-11-5-3-2-4-6-11;1-2;/h3-5,8-9,11-14,20-21,24,26-27,30-31,43-45H,6-7,10,15-19,36-37H2,1-2H3,(H2,38,47)(H,39,48)(H,40,49)(H,41,51)(H,42,50);5-8,11,14-16,24-25H,2-4,9-10,20-21H2,1H3,(H,22,26)(H,23,27)(H,28,29);2-6,10,12,15,19H,7-9H2,1H3,(H2,17,21)(H,18,22);1H3;1H2/t20-,21-,24-,26+,27+,30+,31?;11-,14+,15+,16?;10-,12+,15-;;/m110../s1/i;;;1D;. The number of hydrogen-bond donors (Lipinski definition) is 20. The molecule has 0 bridgehead atoms. The van der Waals surface area contributed by atoms with Crippen LogP contribution in [0.3, 0.4) is 0 Å². The van der Waals surface area contributed by atoms with Crippen molar-refractivity contribution in [2.24, 2.45) is 46.2 Å². The van der Waals surface area contributed by atoms with Crippen LogP contribution in [0.2, 0.25) is 0 Å². The first-order chi connectivity index (χ1) is 49.7. The van der Waals surface area contributed by atoms with Crippen LogP contribution in [0.5, 0.6) is 11.5 Å². The molecule has 1 aliphatic heterocycles. The zero-order valence-corrected chi connectivity index (χ0v) is 60.3. The number of aliphatic hydroxyl groups excluding tert-OH is 3. The average molecular weight is 1500 g/mol. The lowest BCUT2D eigenvalue weighted by molar-refractivity contribution is -0.137. The zero-order valence-electron chi connectivity index (χ0n) is 60.4. The highest BCUT2D eigenvalue weighted by atomic mass is 32.1. The molecule has 0 radical (unpaired) electrons. The van der Waals surface area contributed by atoms with Gasteiger partial charge in [0.2, 0.25) is 58.3 Å². The van der Waals surface area contributed by atoms with Gasteiger partial charge in [0.05, 0.1) is 58.1 Å². The van der Waals surface area contributed by atoms with Crippen molar-refractivity contribution in [3.63, 3.8) is 0 Å². The Morgan fingerprint density at radius 2 is 0.848 bits per heavy atom. The van der Waals surface area contributed by atoms with Crippen molar-refractivity contribution in [2.75, 3.05) is 33.3 Å². The van der Waals surface area contributed by atoms with Crippen LogP contribution in [0.15, 0.2) is 109 Å². The molecule has 5 rings (SSSR count). The molecule has 14 atom stereocenters. The number of unbranched alkanes of at least 4 members (excludes halogenated alkanes) is 2. The number of Topliss-reactive ketones (excluding diaryl/α,β-unsaturated/α-hetero) is 2. The monoisotopic (exact) mass is 1500 g/mol. The summed E-state index contributed by atoms with van der Waals surface area (Å²) in [5.41, 5.74) is 36.0. The molecule has 1 aliphatic rings. The minimum Gasteiger partial charge on any atom is -0.508 e. The number of primary amides is 2. The van der Waals surface area contributed by atoms with Gasteiger partial charge in [-0.15, -0.1) is 12.6 Å². The molecule has 4 aromatic rings. The molecule has 9 amide bonds. The number of alkyl halides is 1. The van der Waals surface area contributed by atoms with Gasteiger partial charge in [0.15, 0.2) is 11.6 Å². The van der Waals surface area contributed by atoms with Gasteiger partial charge in [0, 0.05) is 43.6 Å². The van der Waals surface area contributed by atoms with E-state index in [1.165, 1.54) is 45.0 Å². The van der Waals surface area contributed by atoms with E-state index in [0.29, 0.717) is 68.3 Å². The van der Waals surface area contributed by atoms with E-state index in [9.17, 15) is 87.5 Å². The van der Waals surface area contributed by atoms with Crippen molar-refractivity contribution in [1.82, 2.24) is 42.5 Å². The summed E-state index contributed by atoms with van der Waals surface area (Å²) < 4.78 is 15.5. The fraction of sp³-hybridized carbons (Fsp3) is 0.493. The van der Waals surface area contributed by atoms with Crippen LogP contribution in [-0.2, 0) is 83.2 Å². The number of rotatable bonds is 42. The van der Waals surface area contributed by atoms with Gasteiger partial charge in [-0.1, -0.05) is 97.8 Å². The molecule has 1 saturated heterocycles. The number of aromatic hydroxyl groups is 2. The SMILES string of the molecule is C[C@@H](O)C(NC(=O)[C@H](Cc1ccc(O)cc1)NC(=O)[C@@H](N)CCCCN)C(=O)N[C@H](C(=O)C[C@@H](Cc1ccccc1)C(=O)NCC(N)=O)[C@@H](C)O.C[C@@H](O)C(NC(=O)[C@H](Cc1ccc(O)cc1)NC(=O)[C@@H](N)CCCCN)C(=O)S.C[C@@H]1N[C@@H]1C(=O)C[C@@H](Cc1ccccc1)C(=O)NCC(N)=O.O.[2H]CF. The summed E-state index contributed by atoms with van der Waals surface area (Å²) in [4.78, 5) is 150. The molecule has 582 valence electrons. The van der Waals surface area contributed by atoms with E-state index >= 15 is 0 Å². The van der Waals surface area contributed by atoms with Crippen LogP contribution < -0.4 is 76.9 Å². The van der Waals surface area contributed by atoms with Gasteiger partial charge >= 0.3 is 0 Å². The second-order valence-electron chi connectivity index (χ2n) is 25.1. The first kappa shape index (κ1) is 91.7. The second kappa shape index (κ2) is 50.1. The van der Waals surface area contributed by atoms with E-state index in [4.69, 9.17) is 35.8 Å². The number of nitrogens with one attached hydrogen (secondary N) is 8. The number of benzene rings is 4. The maximum absolute atomic E-state index is 13.6.